The average Bonchev–Trinajstić information content (AvgIpc) is 2.73. The van der Waals surface area contributed by atoms with Gasteiger partial charge in [-0.05, 0) is 44.6 Å². The van der Waals surface area contributed by atoms with Crippen molar-refractivity contribution < 1.29 is 14.6 Å². The van der Waals surface area contributed by atoms with E-state index in [2.05, 4.69) is 4.90 Å². The standard InChI is InChI=1S/C14H19NO3/c1-3-18-13(17)14(7-8-15(2)10-14)11-5-4-6-12(16)9-11/h4-6,9,16H,3,7-8,10H2,1-2H3. The molecule has 1 aromatic carbocycles. The molecule has 0 aromatic heterocycles. The zero-order chi connectivity index (χ0) is 13.2. The van der Waals surface area contributed by atoms with E-state index in [0.717, 1.165) is 18.5 Å². The first-order valence-corrected chi connectivity index (χ1v) is 6.24. The number of aromatic hydroxyl groups is 1. The van der Waals surface area contributed by atoms with Crippen molar-refractivity contribution in [2.24, 2.45) is 0 Å². The summed E-state index contributed by atoms with van der Waals surface area (Å²) in [5.74, 6) is -0.00863. The van der Waals surface area contributed by atoms with Gasteiger partial charge in [-0.3, -0.25) is 4.79 Å². The Morgan fingerprint density at radius 2 is 2.33 bits per heavy atom. The zero-order valence-corrected chi connectivity index (χ0v) is 10.8. The number of hydrogen-bond acceptors (Lipinski definition) is 4. The van der Waals surface area contributed by atoms with Gasteiger partial charge in [0, 0.05) is 6.54 Å². The molecule has 1 N–H and O–H groups in total. The fraction of sp³-hybridized carbons (Fsp3) is 0.500. The lowest BCUT2D eigenvalue weighted by Crippen LogP contribution is -2.39. The Morgan fingerprint density at radius 1 is 1.56 bits per heavy atom. The zero-order valence-electron chi connectivity index (χ0n) is 10.8. The van der Waals surface area contributed by atoms with Crippen molar-refractivity contribution in [1.29, 1.82) is 0 Å². The average molecular weight is 249 g/mol. The van der Waals surface area contributed by atoms with E-state index >= 15 is 0 Å². The van der Waals surface area contributed by atoms with Crippen LogP contribution >= 0.6 is 0 Å². The van der Waals surface area contributed by atoms with Crippen molar-refractivity contribution in [3.05, 3.63) is 29.8 Å². The van der Waals surface area contributed by atoms with Crippen LogP contribution in [0, 0.1) is 0 Å². The summed E-state index contributed by atoms with van der Waals surface area (Å²) in [4.78, 5) is 14.4. The van der Waals surface area contributed by atoms with Crippen molar-refractivity contribution >= 4 is 5.97 Å². The highest BCUT2D eigenvalue weighted by atomic mass is 16.5. The Labute approximate surface area is 107 Å². The number of hydrogen-bond donors (Lipinski definition) is 1. The third kappa shape index (κ3) is 2.20. The molecule has 1 aliphatic heterocycles. The van der Waals surface area contributed by atoms with Crippen LogP contribution in [0.4, 0.5) is 0 Å². The van der Waals surface area contributed by atoms with Gasteiger partial charge in [-0.2, -0.15) is 0 Å². The van der Waals surface area contributed by atoms with Gasteiger partial charge in [0.05, 0.1) is 6.61 Å². The summed E-state index contributed by atoms with van der Waals surface area (Å²) in [5.41, 5.74) is 0.203. The highest BCUT2D eigenvalue weighted by Crippen LogP contribution is 2.36. The molecule has 0 bridgehead atoms. The fourth-order valence-electron chi connectivity index (χ4n) is 2.59. The number of esters is 1. The monoisotopic (exact) mass is 249 g/mol. The topological polar surface area (TPSA) is 49.8 Å². The quantitative estimate of drug-likeness (QED) is 0.825. The molecule has 4 nitrogen and oxygen atoms in total. The molecule has 98 valence electrons. The van der Waals surface area contributed by atoms with Crippen LogP contribution in [0.2, 0.25) is 0 Å². The molecule has 1 atom stereocenters. The minimum atomic E-state index is -0.635. The van der Waals surface area contributed by atoms with Gasteiger partial charge in [0.15, 0.2) is 0 Å². The second-order valence-corrected chi connectivity index (χ2v) is 4.84. The van der Waals surface area contributed by atoms with E-state index in [4.69, 9.17) is 4.74 Å². The van der Waals surface area contributed by atoms with Gasteiger partial charge in [0.2, 0.25) is 0 Å². The third-order valence-corrected chi connectivity index (χ3v) is 3.53. The van der Waals surface area contributed by atoms with Gasteiger partial charge in [-0.15, -0.1) is 0 Å². The Kier molecular flexibility index (Phi) is 3.57. The molecule has 0 aliphatic carbocycles. The van der Waals surface area contributed by atoms with E-state index in [0.29, 0.717) is 13.2 Å². The SMILES string of the molecule is CCOC(=O)C1(c2cccc(O)c2)CCN(C)C1. The molecule has 1 unspecified atom stereocenters. The van der Waals surface area contributed by atoms with Crippen LogP contribution in [-0.2, 0) is 14.9 Å². The molecular formula is C14H19NO3. The lowest BCUT2D eigenvalue weighted by atomic mass is 9.79. The van der Waals surface area contributed by atoms with Gasteiger partial charge in [-0.1, -0.05) is 12.1 Å². The molecule has 1 heterocycles. The van der Waals surface area contributed by atoms with Crippen molar-refractivity contribution in [1.82, 2.24) is 4.90 Å². The fourth-order valence-corrected chi connectivity index (χ4v) is 2.59. The van der Waals surface area contributed by atoms with Crippen molar-refractivity contribution in [3.8, 4) is 5.75 Å². The second-order valence-electron chi connectivity index (χ2n) is 4.84. The predicted octanol–water partition coefficient (Wildman–Crippen LogP) is 1.53. The summed E-state index contributed by atoms with van der Waals surface area (Å²) < 4.78 is 5.22. The van der Waals surface area contributed by atoms with E-state index in [-0.39, 0.29) is 11.7 Å². The number of carbonyl (C=O) groups excluding carboxylic acids is 1. The van der Waals surface area contributed by atoms with Crippen LogP contribution in [0.25, 0.3) is 0 Å². The van der Waals surface area contributed by atoms with Crippen LogP contribution in [-0.4, -0.2) is 42.7 Å². The maximum absolute atomic E-state index is 12.3. The first-order valence-electron chi connectivity index (χ1n) is 6.24. The first kappa shape index (κ1) is 12.9. The first-order chi connectivity index (χ1) is 8.58. The summed E-state index contributed by atoms with van der Waals surface area (Å²) in [6.07, 6.45) is 0.728. The largest absolute Gasteiger partial charge is 0.508 e. The molecule has 1 saturated heterocycles. The molecule has 2 rings (SSSR count). The maximum atomic E-state index is 12.3. The summed E-state index contributed by atoms with van der Waals surface area (Å²) in [5, 5.41) is 9.60. The number of likely N-dealkylation sites (tertiary alicyclic amines) is 1. The number of phenols is 1. The molecule has 0 radical (unpaired) electrons. The smallest absolute Gasteiger partial charge is 0.317 e. The van der Waals surface area contributed by atoms with E-state index in [9.17, 15) is 9.90 Å². The Morgan fingerprint density at radius 3 is 2.89 bits per heavy atom. The van der Waals surface area contributed by atoms with E-state index in [1.807, 2.05) is 20.0 Å². The number of rotatable bonds is 3. The molecular weight excluding hydrogens is 230 g/mol. The summed E-state index contributed by atoms with van der Waals surface area (Å²) >= 11 is 0. The minimum Gasteiger partial charge on any atom is -0.508 e. The number of ether oxygens (including phenoxy) is 1. The van der Waals surface area contributed by atoms with Gasteiger partial charge >= 0.3 is 5.97 Å². The third-order valence-electron chi connectivity index (χ3n) is 3.53. The lowest BCUT2D eigenvalue weighted by Gasteiger charge is -2.27. The van der Waals surface area contributed by atoms with Crippen molar-refractivity contribution in [2.45, 2.75) is 18.8 Å². The van der Waals surface area contributed by atoms with Gasteiger partial charge in [-0.25, -0.2) is 0 Å². The molecule has 0 amide bonds. The number of likely N-dealkylation sites (N-methyl/N-ethyl adjacent to an activating group) is 1. The minimum absolute atomic E-state index is 0.186. The van der Waals surface area contributed by atoms with E-state index in [1.165, 1.54) is 0 Å². The highest BCUT2D eigenvalue weighted by Gasteiger charge is 2.46. The van der Waals surface area contributed by atoms with Crippen LogP contribution < -0.4 is 0 Å². The summed E-state index contributed by atoms with van der Waals surface area (Å²) in [7, 11) is 1.99. The van der Waals surface area contributed by atoms with Gasteiger partial charge in [0.1, 0.15) is 11.2 Å². The number of benzene rings is 1. The molecule has 0 saturated carbocycles. The predicted molar refractivity (Wildman–Crippen MR) is 68.5 cm³/mol. The highest BCUT2D eigenvalue weighted by molar-refractivity contribution is 5.84. The number of carbonyl (C=O) groups is 1. The number of phenolic OH excluding ortho intramolecular Hbond substituents is 1. The van der Waals surface area contributed by atoms with Crippen LogP contribution in [0.15, 0.2) is 24.3 Å². The Balaban J connectivity index is 2.39. The molecule has 1 aliphatic rings. The molecule has 18 heavy (non-hydrogen) atoms. The van der Waals surface area contributed by atoms with Gasteiger partial charge in [0.25, 0.3) is 0 Å². The molecule has 0 spiro atoms. The van der Waals surface area contributed by atoms with Crippen LogP contribution in [0.5, 0.6) is 5.75 Å². The Bertz CT molecular complexity index is 446. The molecule has 1 aromatic rings. The van der Waals surface area contributed by atoms with E-state index < -0.39 is 5.41 Å². The Hall–Kier alpha value is -1.55. The molecule has 1 fully saturated rings. The summed E-state index contributed by atoms with van der Waals surface area (Å²) in [6.45, 7) is 3.68. The summed E-state index contributed by atoms with van der Waals surface area (Å²) in [6, 6.07) is 6.93. The maximum Gasteiger partial charge on any atom is 0.317 e. The van der Waals surface area contributed by atoms with Gasteiger partial charge < -0.3 is 14.7 Å². The lowest BCUT2D eigenvalue weighted by molar-refractivity contribution is -0.149. The normalized spacial score (nSPS) is 24.1. The van der Waals surface area contributed by atoms with Crippen molar-refractivity contribution in [2.75, 3.05) is 26.7 Å². The molecule has 4 heteroatoms. The second kappa shape index (κ2) is 4.98. The van der Waals surface area contributed by atoms with Crippen LogP contribution in [0.1, 0.15) is 18.9 Å². The van der Waals surface area contributed by atoms with Crippen molar-refractivity contribution in [3.63, 3.8) is 0 Å². The van der Waals surface area contributed by atoms with Crippen LogP contribution in [0.3, 0.4) is 0 Å². The van der Waals surface area contributed by atoms with E-state index in [1.54, 1.807) is 18.2 Å². The number of nitrogens with zero attached hydrogens (tertiary/aromatic N) is 1.